The fraction of sp³-hybridized carbons (Fsp3) is 0.459. The first-order valence-corrected chi connectivity index (χ1v) is 18.0. The average Bonchev–Trinajstić information content (AvgIpc) is 3.98. The molecular formula is C37H45FN10O6. The van der Waals surface area contributed by atoms with Gasteiger partial charge in [-0.3, -0.25) is 9.59 Å². The Morgan fingerprint density at radius 3 is 1.98 bits per heavy atom. The van der Waals surface area contributed by atoms with Gasteiger partial charge in [0.15, 0.2) is 11.9 Å². The number of amides is 4. The van der Waals surface area contributed by atoms with Crippen LogP contribution in [0.4, 0.5) is 14.0 Å². The maximum absolute atomic E-state index is 15.6. The van der Waals surface area contributed by atoms with Gasteiger partial charge < -0.3 is 40.3 Å². The number of nitrogens with two attached hydrogens (primary N) is 1. The Morgan fingerprint density at radius 1 is 0.833 bits per heavy atom. The molecule has 2 saturated heterocycles. The summed E-state index contributed by atoms with van der Waals surface area (Å²) >= 11 is 0. The number of halogens is 1. The van der Waals surface area contributed by atoms with Crippen molar-refractivity contribution in [2.75, 3.05) is 20.2 Å². The summed E-state index contributed by atoms with van der Waals surface area (Å²) < 4.78 is 25.4. The third-order valence-corrected chi connectivity index (χ3v) is 9.86. The normalized spacial score (nSPS) is 18.2. The van der Waals surface area contributed by atoms with E-state index in [4.69, 9.17) is 15.2 Å². The van der Waals surface area contributed by atoms with Gasteiger partial charge in [-0.25, -0.2) is 33.9 Å². The molecule has 0 saturated carbocycles. The summed E-state index contributed by atoms with van der Waals surface area (Å²) in [7, 11) is 1.26. The summed E-state index contributed by atoms with van der Waals surface area (Å²) in [5.41, 5.74) is 7.72. The summed E-state index contributed by atoms with van der Waals surface area (Å²) in [6.07, 6.45) is 6.61. The third-order valence-electron chi connectivity index (χ3n) is 9.86. The molecule has 17 heteroatoms. The molecule has 5 N–H and O–H groups in total. The van der Waals surface area contributed by atoms with E-state index in [0.717, 1.165) is 12.8 Å². The van der Waals surface area contributed by atoms with E-state index in [0.29, 0.717) is 65.9 Å². The van der Waals surface area contributed by atoms with Crippen LogP contribution < -0.4 is 11.1 Å². The minimum Gasteiger partial charge on any atom is -0.453 e. The first-order valence-electron chi connectivity index (χ1n) is 18.0. The topological polar surface area (TPSA) is 214 Å². The molecule has 6 rings (SSSR count). The van der Waals surface area contributed by atoms with Crippen LogP contribution in [0.3, 0.4) is 0 Å². The van der Waals surface area contributed by atoms with Crippen LogP contribution in [0.15, 0.2) is 43.0 Å². The standard InChI is InChI=1S/C37H45FN10O6/c1-19(2)29(46-37(52)53-5)34(49)47-12-6-8-27(47)32-42-17-25(44-32)22-15-40-31(41-16-22)21-10-11-23(24(38)14-21)26-18-43-33(45-26)28-9-7-13-48(28)35(50)30(20(3)4)54-36(39)51/h10-11,14-20,27-30H,6-9,12-13H2,1-5H3,(H2,39,51)(H,42,44)(H,43,45)(H,46,52)/t27-,28-,29-,30-/m0/s1. The Hall–Kier alpha value is -5.87. The van der Waals surface area contributed by atoms with Gasteiger partial charge in [0.25, 0.3) is 5.91 Å². The number of hydrogen-bond acceptors (Lipinski definition) is 10. The Labute approximate surface area is 311 Å². The van der Waals surface area contributed by atoms with Crippen molar-refractivity contribution in [3.63, 3.8) is 0 Å². The van der Waals surface area contributed by atoms with Crippen molar-refractivity contribution in [2.24, 2.45) is 17.6 Å². The molecule has 286 valence electrons. The molecule has 5 heterocycles. The molecule has 1 aromatic carbocycles. The van der Waals surface area contributed by atoms with Crippen LogP contribution in [0.5, 0.6) is 0 Å². The van der Waals surface area contributed by atoms with Crippen LogP contribution in [0.25, 0.3) is 33.9 Å². The number of alkyl carbamates (subject to hydrolysis) is 1. The second-order valence-corrected chi connectivity index (χ2v) is 14.2. The second-order valence-electron chi connectivity index (χ2n) is 14.2. The number of nitrogens with zero attached hydrogens (tertiary/aromatic N) is 6. The number of ether oxygens (including phenoxy) is 2. The zero-order chi connectivity index (χ0) is 38.7. The van der Waals surface area contributed by atoms with E-state index in [1.54, 1.807) is 54.4 Å². The molecule has 0 spiro atoms. The maximum atomic E-state index is 15.6. The molecule has 2 aliphatic heterocycles. The fourth-order valence-electron chi connectivity index (χ4n) is 7.05. The monoisotopic (exact) mass is 744 g/mol. The van der Waals surface area contributed by atoms with E-state index < -0.39 is 36.2 Å². The molecule has 4 amide bonds. The number of carbonyl (C=O) groups is 4. The predicted octanol–water partition coefficient (Wildman–Crippen LogP) is 4.89. The lowest BCUT2D eigenvalue weighted by Crippen LogP contribution is -2.51. The van der Waals surface area contributed by atoms with E-state index in [2.05, 4.69) is 35.2 Å². The van der Waals surface area contributed by atoms with Crippen LogP contribution in [-0.4, -0.2) is 96.0 Å². The van der Waals surface area contributed by atoms with Gasteiger partial charge in [-0.15, -0.1) is 0 Å². The van der Waals surface area contributed by atoms with Gasteiger partial charge in [-0.05, 0) is 49.7 Å². The second kappa shape index (κ2) is 16.0. The number of carbonyl (C=O) groups excluding carboxylic acids is 4. The van der Waals surface area contributed by atoms with Gasteiger partial charge in [0.1, 0.15) is 23.5 Å². The highest BCUT2D eigenvalue weighted by Crippen LogP contribution is 2.35. The van der Waals surface area contributed by atoms with Crippen LogP contribution in [0.1, 0.15) is 77.1 Å². The number of aromatic amines is 2. The number of benzene rings is 1. The number of primary amides is 1. The molecule has 2 aliphatic rings. The molecule has 0 radical (unpaired) electrons. The van der Waals surface area contributed by atoms with Gasteiger partial charge in [-0.2, -0.15) is 0 Å². The number of rotatable bonds is 11. The molecule has 4 aromatic rings. The SMILES string of the molecule is COC(=O)N[C@H](C(=O)N1CCC[C@H]1c1ncc(-c2cnc(-c3ccc(-c4cnc([C@@H]5CCCN5C(=O)[C@@H](OC(N)=O)C(C)C)[nH]4)c(F)c3)nc2)[nH]1)C(C)C. The quantitative estimate of drug-likeness (QED) is 0.163. The highest BCUT2D eigenvalue weighted by Gasteiger charge is 2.39. The number of nitrogens with one attached hydrogen (secondary N) is 3. The molecule has 0 unspecified atom stereocenters. The number of likely N-dealkylation sites (tertiary alicyclic amines) is 2. The zero-order valence-corrected chi connectivity index (χ0v) is 30.8. The third kappa shape index (κ3) is 7.89. The summed E-state index contributed by atoms with van der Waals surface area (Å²) in [5.74, 6) is -0.0513. The largest absolute Gasteiger partial charge is 0.453 e. The van der Waals surface area contributed by atoms with Crippen molar-refractivity contribution in [3.05, 3.63) is 60.5 Å². The summed E-state index contributed by atoms with van der Waals surface area (Å²) in [6, 6.07) is 3.26. The van der Waals surface area contributed by atoms with Crippen LogP contribution in [0.2, 0.25) is 0 Å². The lowest BCUT2D eigenvalue weighted by molar-refractivity contribution is -0.143. The smallest absolute Gasteiger partial charge is 0.407 e. The fourth-order valence-corrected chi connectivity index (χ4v) is 7.05. The Balaban J connectivity index is 1.13. The van der Waals surface area contributed by atoms with Crippen molar-refractivity contribution in [1.82, 2.24) is 45.0 Å². The molecule has 16 nitrogen and oxygen atoms in total. The maximum Gasteiger partial charge on any atom is 0.407 e. The Bertz CT molecular complexity index is 2000. The minimum absolute atomic E-state index is 0.147. The van der Waals surface area contributed by atoms with Gasteiger partial charge in [0.05, 0.1) is 43.0 Å². The van der Waals surface area contributed by atoms with Crippen molar-refractivity contribution in [3.8, 4) is 33.9 Å². The highest BCUT2D eigenvalue weighted by molar-refractivity contribution is 5.86. The summed E-state index contributed by atoms with van der Waals surface area (Å²) in [5, 5.41) is 2.65. The van der Waals surface area contributed by atoms with Gasteiger partial charge in [0, 0.05) is 42.2 Å². The van der Waals surface area contributed by atoms with Gasteiger partial charge in [0.2, 0.25) is 5.91 Å². The molecule has 3 aromatic heterocycles. The first-order chi connectivity index (χ1) is 25.9. The number of hydrogen-bond donors (Lipinski definition) is 4. The van der Waals surface area contributed by atoms with Gasteiger partial charge in [-0.1, -0.05) is 33.8 Å². The molecule has 4 atom stereocenters. The van der Waals surface area contributed by atoms with E-state index in [1.165, 1.54) is 19.4 Å². The first kappa shape index (κ1) is 37.9. The van der Waals surface area contributed by atoms with Crippen molar-refractivity contribution in [1.29, 1.82) is 0 Å². The van der Waals surface area contributed by atoms with Crippen LogP contribution in [0, 0.1) is 17.7 Å². The zero-order valence-electron chi connectivity index (χ0n) is 30.8. The lowest BCUT2D eigenvalue weighted by atomic mass is 10.0. The number of methoxy groups -OCH3 is 1. The van der Waals surface area contributed by atoms with Crippen molar-refractivity contribution < 1.29 is 33.0 Å². The van der Waals surface area contributed by atoms with Crippen molar-refractivity contribution in [2.45, 2.75) is 77.6 Å². The van der Waals surface area contributed by atoms with E-state index >= 15 is 4.39 Å². The lowest BCUT2D eigenvalue weighted by Gasteiger charge is -2.30. The van der Waals surface area contributed by atoms with Crippen molar-refractivity contribution >= 4 is 24.0 Å². The molecular weight excluding hydrogens is 699 g/mol. The highest BCUT2D eigenvalue weighted by atomic mass is 19.1. The van der Waals surface area contributed by atoms with Gasteiger partial charge >= 0.3 is 12.2 Å². The predicted molar refractivity (Wildman–Crippen MR) is 193 cm³/mol. The van der Waals surface area contributed by atoms with Crippen LogP contribution in [-0.2, 0) is 19.1 Å². The van der Waals surface area contributed by atoms with E-state index in [1.807, 2.05) is 13.8 Å². The number of imidazole rings is 2. The van der Waals surface area contributed by atoms with E-state index in [-0.39, 0.29) is 35.3 Å². The molecule has 0 bridgehead atoms. The minimum atomic E-state index is -1.02. The Morgan fingerprint density at radius 2 is 1.43 bits per heavy atom. The number of aromatic nitrogens is 6. The van der Waals surface area contributed by atoms with Crippen LogP contribution >= 0.6 is 0 Å². The molecule has 2 fully saturated rings. The average molecular weight is 745 g/mol. The Kier molecular flexibility index (Phi) is 11.2. The number of H-pyrrole nitrogens is 2. The summed E-state index contributed by atoms with van der Waals surface area (Å²) in [6.45, 7) is 8.28. The van der Waals surface area contributed by atoms with E-state index in [9.17, 15) is 19.2 Å². The summed E-state index contributed by atoms with van der Waals surface area (Å²) in [4.78, 5) is 78.0. The molecule has 0 aliphatic carbocycles. The molecule has 54 heavy (non-hydrogen) atoms.